The van der Waals surface area contributed by atoms with Crippen LogP contribution < -0.4 is 5.32 Å². The van der Waals surface area contributed by atoms with Crippen molar-refractivity contribution in [3.8, 4) is 5.75 Å². The maximum Gasteiger partial charge on any atom is 0.227 e. The van der Waals surface area contributed by atoms with Crippen LogP contribution in [0, 0.1) is 0 Å². The number of phenolic OH excluding ortho intramolecular Hbond substituents is 1. The average molecular weight is 360 g/mol. The summed E-state index contributed by atoms with van der Waals surface area (Å²) in [4.78, 5) is 12.8. The van der Waals surface area contributed by atoms with Crippen molar-refractivity contribution < 1.29 is 9.90 Å². The summed E-state index contributed by atoms with van der Waals surface area (Å²) in [6.45, 7) is 14.6. The summed E-state index contributed by atoms with van der Waals surface area (Å²) in [5.74, 6) is 0.246. The van der Waals surface area contributed by atoms with Crippen LogP contribution in [-0.2, 0) is 15.6 Å². The Balaban J connectivity index is 2.36. The van der Waals surface area contributed by atoms with E-state index in [0.717, 1.165) is 29.5 Å². The van der Waals surface area contributed by atoms with Crippen molar-refractivity contribution in [3.05, 3.63) is 28.8 Å². The monoisotopic (exact) mass is 359 g/mol. The molecular formula is C23H37NO2. The van der Waals surface area contributed by atoms with Gasteiger partial charge in [0.2, 0.25) is 5.91 Å². The molecule has 3 heteroatoms. The zero-order valence-corrected chi connectivity index (χ0v) is 17.7. The van der Waals surface area contributed by atoms with Gasteiger partial charge in [0.05, 0.1) is 5.92 Å². The minimum atomic E-state index is -0.222. The van der Waals surface area contributed by atoms with Crippen LogP contribution in [0.1, 0.15) is 103 Å². The second kappa shape index (κ2) is 7.62. The number of hydrogen-bond donors (Lipinski definition) is 2. The van der Waals surface area contributed by atoms with Crippen LogP contribution in [0.4, 0.5) is 0 Å². The predicted molar refractivity (Wildman–Crippen MR) is 109 cm³/mol. The zero-order valence-electron chi connectivity index (χ0n) is 17.7. The van der Waals surface area contributed by atoms with Crippen molar-refractivity contribution in [1.82, 2.24) is 5.32 Å². The van der Waals surface area contributed by atoms with E-state index in [-0.39, 0.29) is 22.7 Å². The van der Waals surface area contributed by atoms with Crippen molar-refractivity contribution in [1.29, 1.82) is 0 Å². The number of rotatable bonds is 3. The van der Waals surface area contributed by atoms with E-state index >= 15 is 0 Å². The van der Waals surface area contributed by atoms with Crippen molar-refractivity contribution in [2.45, 2.75) is 103 Å². The van der Waals surface area contributed by atoms with Crippen LogP contribution in [0.15, 0.2) is 12.1 Å². The van der Waals surface area contributed by atoms with Gasteiger partial charge in [-0.15, -0.1) is 0 Å². The quantitative estimate of drug-likeness (QED) is 0.744. The Bertz CT molecular complexity index is 608. The fourth-order valence-electron chi connectivity index (χ4n) is 3.77. The molecule has 3 nitrogen and oxygen atoms in total. The summed E-state index contributed by atoms with van der Waals surface area (Å²) in [5, 5.41) is 14.1. The highest BCUT2D eigenvalue weighted by atomic mass is 16.3. The van der Waals surface area contributed by atoms with Gasteiger partial charge in [-0.3, -0.25) is 4.79 Å². The molecule has 1 unspecified atom stereocenters. The second-order valence-electron chi connectivity index (χ2n) is 10.0. The maximum atomic E-state index is 12.8. The molecule has 1 aliphatic rings. The molecule has 1 aromatic rings. The average Bonchev–Trinajstić information content (AvgIpc) is 2.53. The molecule has 146 valence electrons. The summed E-state index contributed by atoms with van der Waals surface area (Å²) >= 11 is 0. The number of carbonyl (C=O) groups is 1. The van der Waals surface area contributed by atoms with E-state index in [4.69, 9.17) is 0 Å². The first-order chi connectivity index (χ1) is 11.9. The molecule has 26 heavy (non-hydrogen) atoms. The third kappa shape index (κ3) is 4.81. The molecule has 0 heterocycles. The molecule has 0 bridgehead atoms. The maximum absolute atomic E-state index is 12.8. The first kappa shape index (κ1) is 20.8. The Morgan fingerprint density at radius 3 is 1.88 bits per heavy atom. The Hall–Kier alpha value is -1.51. The number of hydrogen-bond acceptors (Lipinski definition) is 2. The molecule has 0 saturated heterocycles. The zero-order chi connectivity index (χ0) is 19.7. The lowest BCUT2D eigenvalue weighted by atomic mass is 9.77. The van der Waals surface area contributed by atoms with Gasteiger partial charge in [-0.05, 0) is 47.3 Å². The summed E-state index contributed by atoms with van der Waals surface area (Å²) in [7, 11) is 0. The predicted octanol–water partition coefficient (Wildman–Crippen LogP) is 5.54. The number of nitrogens with one attached hydrogen (secondary N) is 1. The Morgan fingerprint density at radius 2 is 1.46 bits per heavy atom. The van der Waals surface area contributed by atoms with E-state index in [1.165, 1.54) is 19.3 Å². The van der Waals surface area contributed by atoms with Crippen molar-refractivity contribution in [2.75, 3.05) is 0 Å². The number of carbonyl (C=O) groups excluding carboxylic acids is 1. The van der Waals surface area contributed by atoms with Gasteiger partial charge in [-0.1, -0.05) is 72.9 Å². The van der Waals surface area contributed by atoms with E-state index in [1.54, 1.807) is 0 Å². The van der Waals surface area contributed by atoms with Crippen LogP contribution in [-0.4, -0.2) is 17.1 Å². The molecule has 2 N–H and O–H groups in total. The summed E-state index contributed by atoms with van der Waals surface area (Å²) in [5.41, 5.74) is 2.46. The number of phenols is 1. The van der Waals surface area contributed by atoms with Gasteiger partial charge >= 0.3 is 0 Å². The third-order valence-electron chi connectivity index (χ3n) is 5.59. The summed E-state index contributed by atoms with van der Waals surface area (Å²) < 4.78 is 0. The lowest BCUT2D eigenvalue weighted by Gasteiger charge is -2.30. The van der Waals surface area contributed by atoms with Crippen LogP contribution in [0.5, 0.6) is 5.75 Å². The SMILES string of the molecule is CC(C(=O)NC1CCCCC1)c1cc(C(C)(C)C)c(O)c(C(C)(C)C)c1. The standard InChI is InChI=1S/C23H37NO2/c1-15(21(26)24-17-11-9-8-10-12-17)16-13-18(22(2,3)4)20(25)19(14-16)23(5,6)7/h13-15,17,25H,8-12H2,1-7H3,(H,24,26). The van der Waals surface area contributed by atoms with Gasteiger partial charge in [0, 0.05) is 6.04 Å². The van der Waals surface area contributed by atoms with Crippen LogP contribution in [0.25, 0.3) is 0 Å². The lowest BCUT2D eigenvalue weighted by Crippen LogP contribution is -2.38. The highest BCUT2D eigenvalue weighted by molar-refractivity contribution is 5.83. The highest BCUT2D eigenvalue weighted by Gasteiger charge is 2.29. The van der Waals surface area contributed by atoms with Gasteiger partial charge in [0.1, 0.15) is 5.75 Å². The first-order valence-electron chi connectivity index (χ1n) is 10.1. The van der Waals surface area contributed by atoms with Gasteiger partial charge in [-0.2, -0.15) is 0 Å². The number of aromatic hydroxyl groups is 1. The molecule has 1 saturated carbocycles. The van der Waals surface area contributed by atoms with E-state index in [1.807, 2.05) is 19.1 Å². The lowest BCUT2D eigenvalue weighted by molar-refractivity contribution is -0.123. The van der Waals surface area contributed by atoms with Crippen molar-refractivity contribution >= 4 is 5.91 Å². The van der Waals surface area contributed by atoms with Gasteiger partial charge < -0.3 is 10.4 Å². The molecule has 2 rings (SSSR count). The minimum Gasteiger partial charge on any atom is -0.507 e. The molecule has 0 aromatic heterocycles. The number of benzene rings is 1. The number of amides is 1. The molecule has 1 atom stereocenters. The van der Waals surface area contributed by atoms with Crippen LogP contribution in [0.3, 0.4) is 0 Å². The van der Waals surface area contributed by atoms with E-state index in [2.05, 4.69) is 46.9 Å². The second-order valence-corrected chi connectivity index (χ2v) is 10.0. The highest BCUT2D eigenvalue weighted by Crippen LogP contribution is 2.41. The molecular weight excluding hydrogens is 322 g/mol. The summed E-state index contributed by atoms with van der Waals surface area (Å²) in [6, 6.07) is 4.37. The Labute approximate surface area is 159 Å². The molecule has 1 fully saturated rings. The molecule has 0 spiro atoms. The third-order valence-corrected chi connectivity index (χ3v) is 5.59. The van der Waals surface area contributed by atoms with Gasteiger partial charge in [0.15, 0.2) is 0 Å². The van der Waals surface area contributed by atoms with Crippen molar-refractivity contribution in [2.24, 2.45) is 0 Å². The van der Waals surface area contributed by atoms with Gasteiger partial charge in [0.25, 0.3) is 0 Å². The van der Waals surface area contributed by atoms with E-state index < -0.39 is 0 Å². The molecule has 0 radical (unpaired) electrons. The molecule has 1 aliphatic carbocycles. The van der Waals surface area contributed by atoms with E-state index in [0.29, 0.717) is 11.8 Å². The first-order valence-corrected chi connectivity index (χ1v) is 10.1. The fraction of sp³-hybridized carbons (Fsp3) is 0.696. The van der Waals surface area contributed by atoms with Crippen LogP contribution in [0.2, 0.25) is 0 Å². The molecule has 1 amide bonds. The fourth-order valence-corrected chi connectivity index (χ4v) is 3.77. The van der Waals surface area contributed by atoms with Crippen molar-refractivity contribution in [3.63, 3.8) is 0 Å². The molecule has 1 aromatic carbocycles. The summed E-state index contributed by atoms with van der Waals surface area (Å²) in [6.07, 6.45) is 5.88. The van der Waals surface area contributed by atoms with Gasteiger partial charge in [-0.25, -0.2) is 0 Å². The topological polar surface area (TPSA) is 49.3 Å². The largest absolute Gasteiger partial charge is 0.507 e. The Kier molecular flexibility index (Phi) is 6.09. The van der Waals surface area contributed by atoms with E-state index in [9.17, 15) is 9.90 Å². The Morgan fingerprint density at radius 1 is 1.00 bits per heavy atom. The molecule has 0 aliphatic heterocycles. The smallest absolute Gasteiger partial charge is 0.227 e. The normalized spacial score (nSPS) is 17.8. The minimum absolute atomic E-state index is 0.0994. The van der Waals surface area contributed by atoms with Crippen LogP contribution >= 0.6 is 0 Å².